The van der Waals surface area contributed by atoms with Crippen LogP contribution in [0.15, 0.2) is 56.5 Å². The minimum atomic E-state index is -0.104. The number of ether oxygens (including phenoxy) is 1. The number of hydrogen-bond donors (Lipinski definition) is 1. The molecule has 4 aromatic rings. The van der Waals surface area contributed by atoms with E-state index in [0.717, 1.165) is 21.1 Å². The van der Waals surface area contributed by atoms with Crippen LogP contribution in [0.5, 0.6) is 5.75 Å². The van der Waals surface area contributed by atoms with Crippen LogP contribution in [0.1, 0.15) is 12.5 Å². The molecule has 0 fully saturated rings. The second kappa shape index (κ2) is 9.15. The SMILES string of the molecule is CCn1c(SCC(=O)Nc2ccc(Br)c(C)c2)nnc1-c1cc2cccc(OC)c2o1. The Hall–Kier alpha value is -2.78. The molecule has 2 aromatic heterocycles. The van der Waals surface area contributed by atoms with Gasteiger partial charge >= 0.3 is 0 Å². The van der Waals surface area contributed by atoms with Crippen molar-refractivity contribution in [3.05, 3.63) is 52.5 Å². The first-order chi connectivity index (χ1) is 15.0. The molecule has 160 valence electrons. The molecule has 2 aromatic carbocycles. The van der Waals surface area contributed by atoms with Crippen molar-refractivity contribution in [1.82, 2.24) is 14.8 Å². The van der Waals surface area contributed by atoms with Gasteiger partial charge in [-0.3, -0.25) is 9.36 Å². The monoisotopic (exact) mass is 500 g/mol. The summed E-state index contributed by atoms with van der Waals surface area (Å²) in [7, 11) is 1.61. The topological polar surface area (TPSA) is 82.2 Å². The van der Waals surface area contributed by atoms with Gasteiger partial charge in [-0.1, -0.05) is 39.8 Å². The van der Waals surface area contributed by atoms with Crippen LogP contribution in [0.2, 0.25) is 0 Å². The maximum absolute atomic E-state index is 12.4. The van der Waals surface area contributed by atoms with Crippen LogP contribution in [0.25, 0.3) is 22.6 Å². The average Bonchev–Trinajstić information content (AvgIpc) is 3.38. The van der Waals surface area contributed by atoms with Gasteiger partial charge < -0.3 is 14.5 Å². The summed E-state index contributed by atoms with van der Waals surface area (Å²) in [6.07, 6.45) is 0. The molecule has 0 aliphatic heterocycles. The smallest absolute Gasteiger partial charge is 0.234 e. The number of halogens is 1. The number of amides is 1. The van der Waals surface area contributed by atoms with Crippen molar-refractivity contribution in [2.75, 3.05) is 18.2 Å². The Bertz CT molecular complexity index is 1250. The summed E-state index contributed by atoms with van der Waals surface area (Å²) in [5, 5.41) is 13.1. The second-order valence-electron chi connectivity index (χ2n) is 6.84. The zero-order valence-corrected chi connectivity index (χ0v) is 19.7. The van der Waals surface area contributed by atoms with Gasteiger partial charge in [-0.25, -0.2) is 0 Å². The number of nitrogens with one attached hydrogen (secondary N) is 1. The zero-order chi connectivity index (χ0) is 22.0. The molecule has 2 heterocycles. The van der Waals surface area contributed by atoms with Crippen LogP contribution in [0.4, 0.5) is 5.69 Å². The highest BCUT2D eigenvalue weighted by Crippen LogP contribution is 2.33. The van der Waals surface area contributed by atoms with Gasteiger partial charge in [0, 0.05) is 22.1 Å². The van der Waals surface area contributed by atoms with Crippen LogP contribution in [0, 0.1) is 6.92 Å². The van der Waals surface area contributed by atoms with Crippen molar-refractivity contribution in [1.29, 1.82) is 0 Å². The van der Waals surface area contributed by atoms with Crippen molar-refractivity contribution in [3.8, 4) is 17.3 Å². The van der Waals surface area contributed by atoms with Gasteiger partial charge in [0.2, 0.25) is 11.7 Å². The second-order valence-corrected chi connectivity index (χ2v) is 8.64. The molecule has 0 aliphatic carbocycles. The standard InChI is InChI=1S/C22H21BrN4O3S/c1-4-27-21(18-11-14-6-5-7-17(29-3)20(14)30-18)25-26-22(27)31-12-19(28)24-15-8-9-16(23)13(2)10-15/h5-11H,4,12H2,1-3H3,(H,24,28). The summed E-state index contributed by atoms with van der Waals surface area (Å²) < 4.78 is 14.3. The number of methoxy groups -OCH3 is 1. The van der Waals surface area contributed by atoms with Gasteiger partial charge in [-0.05, 0) is 49.7 Å². The first-order valence-corrected chi connectivity index (χ1v) is 11.5. The highest BCUT2D eigenvalue weighted by Gasteiger charge is 2.19. The first kappa shape index (κ1) is 21.5. The first-order valence-electron chi connectivity index (χ1n) is 9.69. The number of fused-ring (bicyclic) bond motifs is 1. The zero-order valence-electron chi connectivity index (χ0n) is 17.3. The Labute approximate surface area is 192 Å². The summed E-state index contributed by atoms with van der Waals surface area (Å²) in [6, 6.07) is 13.4. The number of hydrogen-bond acceptors (Lipinski definition) is 6. The fourth-order valence-electron chi connectivity index (χ4n) is 3.22. The van der Waals surface area contributed by atoms with Crippen molar-refractivity contribution >= 4 is 50.3 Å². The van der Waals surface area contributed by atoms with E-state index in [-0.39, 0.29) is 11.7 Å². The van der Waals surface area contributed by atoms with E-state index in [1.165, 1.54) is 11.8 Å². The van der Waals surface area contributed by atoms with Crippen molar-refractivity contribution in [2.45, 2.75) is 25.5 Å². The van der Waals surface area contributed by atoms with Crippen LogP contribution >= 0.6 is 27.7 Å². The molecule has 0 radical (unpaired) electrons. The third-order valence-corrected chi connectivity index (χ3v) is 6.61. The van der Waals surface area contributed by atoms with Crippen molar-refractivity contribution in [2.24, 2.45) is 0 Å². The molecule has 0 spiro atoms. The number of rotatable bonds is 7. The van der Waals surface area contributed by atoms with E-state index in [9.17, 15) is 4.79 Å². The Balaban J connectivity index is 1.50. The van der Waals surface area contributed by atoms with Crippen molar-refractivity contribution in [3.63, 3.8) is 0 Å². The normalized spacial score (nSPS) is 11.1. The van der Waals surface area contributed by atoms with Crippen LogP contribution < -0.4 is 10.1 Å². The van der Waals surface area contributed by atoms with Gasteiger partial charge in [-0.2, -0.15) is 0 Å². The summed E-state index contributed by atoms with van der Waals surface area (Å²) in [6.45, 7) is 4.63. The fourth-order valence-corrected chi connectivity index (χ4v) is 4.27. The molecular formula is C22H21BrN4O3S. The van der Waals surface area contributed by atoms with E-state index in [1.807, 2.05) is 60.9 Å². The number of carbonyl (C=O) groups is 1. The van der Waals surface area contributed by atoms with E-state index in [2.05, 4.69) is 31.4 Å². The van der Waals surface area contributed by atoms with E-state index >= 15 is 0 Å². The number of aromatic nitrogens is 3. The molecule has 0 saturated carbocycles. The Morgan fingerprint density at radius 1 is 1.26 bits per heavy atom. The largest absolute Gasteiger partial charge is 0.493 e. The van der Waals surface area contributed by atoms with Gasteiger partial charge in [-0.15, -0.1) is 10.2 Å². The quantitative estimate of drug-likeness (QED) is 0.336. The highest BCUT2D eigenvalue weighted by atomic mass is 79.9. The Morgan fingerprint density at radius 2 is 2.10 bits per heavy atom. The number of para-hydroxylation sites is 1. The fraction of sp³-hybridized carbons (Fsp3) is 0.227. The average molecular weight is 501 g/mol. The molecule has 1 N–H and O–H groups in total. The third-order valence-electron chi connectivity index (χ3n) is 4.76. The molecule has 9 heteroatoms. The molecule has 4 rings (SSSR count). The summed E-state index contributed by atoms with van der Waals surface area (Å²) >= 11 is 4.80. The number of nitrogens with zero attached hydrogens (tertiary/aromatic N) is 3. The van der Waals surface area contributed by atoms with Gasteiger partial charge in [0.1, 0.15) is 0 Å². The molecule has 1 amide bonds. The third kappa shape index (κ3) is 4.47. The Morgan fingerprint density at radius 3 is 2.84 bits per heavy atom. The maximum atomic E-state index is 12.4. The summed E-state index contributed by atoms with van der Waals surface area (Å²) in [4.78, 5) is 12.4. The molecule has 0 unspecified atom stereocenters. The molecular weight excluding hydrogens is 480 g/mol. The van der Waals surface area contributed by atoms with E-state index < -0.39 is 0 Å². The predicted octanol–water partition coefficient (Wildman–Crippen LogP) is 5.52. The number of benzene rings is 2. The molecule has 0 bridgehead atoms. The lowest BCUT2D eigenvalue weighted by Gasteiger charge is -2.08. The highest BCUT2D eigenvalue weighted by molar-refractivity contribution is 9.10. The van der Waals surface area contributed by atoms with Crippen molar-refractivity contribution < 1.29 is 13.9 Å². The van der Waals surface area contributed by atoms with E-state index in [0.29, 0.717) is 34.6 Å². The van der Waals surface area contributed by atoms with E-state index in [4.69, 9.17) is 9.15 Å². The van der Waals surface area contributed by atoms with Crippen LogP contribution in [0.3, 0.4) is 0 Å². The van der Waals surface area contributed by atoms with Gasteiger partial charge in [0.25, 0.3) is 0 Å². The summed E-state index contributed by atoms with van der Waals surface area (Å²) in [5.41, 5.74) is 2.49. The molecule has 0 aliphatic rings. The number of aryl methyl sites for hydroxylation is 1. The Kier molecular flexibility index (Phi) is 6.33. The molecule has 0 atom stereocenters. The van der Waals surface area contributed by atoms with Gasteiger partial charge in [0.05, 0.1) is 12.9 Å². The number of furan rings is 1. The number of carbonyl (C=O) groups excluding carboxylic acids is 1. The molecule has 0 saturated heterocycles. The van der Waals surface area contributed by atoms with Crippen LogP contribution in [-0.4, -0.2) is 33.5 Å². The van der Waals surface area contributed by atoms with E-state index in [1.54, 1.807) is 7.11 Å². The summed E-state index contributed by atoms with van der Waals surface area (Å²) in [5.74, 6) is 2.01. The minimum Gasteiger partial charge on any atom is -0.493 e. The lowest BCUT2D eigenvalue weighted by Crippen LogP contribution is -2.14. The lowest BCUT2D eigenvalue weighted by molar-refractivity contribution is -0.113. The molecule has 31 heavy (non-hydrogen) atoms. The predicted molar refractivity (Wildman–Crippen MR) is 126 cm³/mol. The maximum Gasteiger partial charge on any atom is 0.234 e. The molecule has 7 nitrogen and oxygen atoms in total. The van der Waals surface area contributed by atoms with Crippen LogP contribution in [-0.2, 0) is 11.3 Å². The lowest BCUT2D eigenvalue weighted by atomic mass is 10.2. The minimum absolute atomic E-state index is 0.104. The number of anilines is 1. The van der Waals surface area contributed by atoms with Gasteiger partial charge in [0.15, 0.2) is 22.2 Å². The number of thioether (sulfide) groups is 1.